The van der Waals surface area contributed by atoms with Crippen molar-refractivity contribution in [3.05, 3.63) is 101 Å². The molecular weight excluding hydrogens is 639 g/mol. The second kappa shape index (κ2) is 12.3. The Labute approximate surface area is 282 Å². The molecule has 4 heterocycles. The van der Waals surface area contributed by atoms with Crippen LogP contribution in [-0.4, -0.2) is 52.2 Å². The summed E-state index contributed by atoms with van der Waals surface area (Å²) >= 11 is 0. The molecule has 8 rings (SSSR count). The Morgan fingerprint density at radius 3 is 2.44 bits per heavy atom. The zero-order chi connectivity index (χ0) is 35.3. The molecule has 8 N–H and O–H groups in total. The fourth-order valence-corrected chi connectivity index (χ4v) is 6.09. The van der Waals surface area contributed by atoms with E-state index in [4.69, 9.17) is 17.3 Å². The molecule has 0 radical (unpaired) electrons. The minimum Gasteiger partial charge on any atom is -0.396 e. The van der Waals surface area contributed by atoms with Gasteiger partial charge in [-0.2, -0.15) is 10.2 Å². The molecule has 50 heavy (non-hydrogen) atoms. The molecule has 0 saturated carbocycles. The van der Waals surface area contributed by atoms with Gasteiger partial charge in [-0.05, 0) is 66.4 Å². The van der Waals surface area contributed by atoms with Crippen LogP contribution in [0.1, 0.15) is 32.1 Å². The Hall–Kier alpha value is -6.87. The maximum Gasteiger partial charge on any atom is 0.285 e. The van der Waals surface area contributed by atoms with Crippen molar-refractivity contribution in [1.82, 2.24) is 45.8 Å². The number of carbonyl (C=O) groups is 2. The molecule has 0 spiro atoms. The Morgan fingerprint density at radius 2 is 1.66 bits per heavy atom. The number of anilines is 1. The zero-order valence-corrected chi connectivity index (χ0v) is 27.0. The number of nitrogens with two attached hydrogens (primary N) is 3. The number of halogens is 1. The van der Waals surface area contributed by atoms with E-state index in [2.05, 4.69) is 60.2 Å². The van der Waals surface area contributed by atoms with Gasteiger partial charge in [-0.15, -0.1) is 20.4 Å². The van der Waals surface area contributed by atoms with Crippen LogP contribution in [0, 0.1) is 19.7 Å². The average molecular weight is 669 g/mol. The van der Waals surface area contributed by atoms with Gasteiger partial charge in [0.15, 0.2) is 11.4 Å². The normalized spacial score (nSPS) is 11.2. The van der Waals surface area contributed by atoms with Crippen molar-refractivity contribution in [2.45, 2.75) is 13.8 Å². The minimum absolute atomic E-state index is 0.0362. The lowest BCUT2D eigenvalue weighted by molar-refractivity contribution is 0.0946. The average Bonchev–Trinajstić information content (AvgIpc) is 3.72. The van der Waals surface area contributed by atoms with Gasteiger partial charge < -0.3 is 11.5 Å². The molecule has 248 valence electrons. The first-order valence-electron chi connectivity index (χ1n) is 15.2. The molecule has 4 aromatic heterocycles. The van der Waals surface area contributed by atoms with E-state index < -0.39 is 17.6 Å². The number of rotatable bonds is 4. The molecule has 0 aliphatic rings. The third kappa shape index (κ3) is 5.36. The van der Waals surface area contributed by atoms with Crippen LogP contribution in [0.5, 0.6) is 0 Å². The van der Waals surface area contributed by atoms with Gasteiger partial charge in [0, 0.05) is 34.3 Å². The van der Waals surface area contributed by atoms with Gasteiger partial charge in [-0.25, -0.2) is 10.2 Å². The number of amides is 2. The van der Waals surface area contributed by atoms with Crippen molar-refractivity contribution in [3.8, 4) is 22.3 Å². The van der Waals surface area contributed by atoms with Crippen LogP contribution in [0.2, 0.25) is 0 Å². The predicted molar refractivity (Wildman–Crippen MR) is 188 cm³/mol. The van der Waals surface area contributed by atoms with E-state index in [0.717, 1.165) is 55.0 Å². The van der Waals surface area contributed by atoms with Gasteiger partial charge in [0.05, 0.1) is 34.5 Å². The van der Waals surface area contributed by atoms with Crippen LogP contribution >= 0.6 is 0 Å². The van der Waals surface area contributed by atoms with Gasteiger partial charge >= 0.3 is 0 Å². The van der Waals surface area contributed by atoms with Crippen LogP contribution in [0.25, 0.3) is 65.9 Å². The smallest absolute Gasteiger partial charge is 0.285 e. The number of benzene rings is 4. The third-order valence-corrected chi connectivity index (χ3v) is 8.55. The number of H-pyrrole nitrogens is 1. The molecule has 0 unspecified atom stereocenters. The second-order valence-corrected chi connectivity index (χ2v) is 11.7. The number of fused-ring (bicyclic) bond motifs is 4. The van der Waals surface area contributed by atoms with Gasteiger partial charge in [0.1, 0.15) is 16.9 Å². The first kappa shape index (κ1) is 31.7. The summed E-state index contributed by atoms with van der Waals surface area (Å²) in [5, 5.41) is 30.2. The van der Waals surface area contributed by atoms with Crippen molar-refractivity contribution in [2.75, 3.05) is 5.73 Å². The van der Waals surface area contributed by atoms with E-state index in [-0.39, 0.29) is 28.0 Å². The van der Waals surface area contributed by atoms with Crippen molar-refractivity contribution in [2.24, 2.45) is 18.6 Å². The van der Waals surface area contributed by atoms with Crippen molar-refractivity contribution < 1.29 is 14.0 Å². The lowest BCUT2D eigenvalue weighted by atomic mass is 9.95. The number of nitrogens with one attached hydrogen (secondary N) is 2. The number of nitrogens with zero attached hydrogens (tertiary/aromatic N) is 7. The Morgan fingerprint density at radius 1 is 0.860 bits per heavy atom. The van der Waals surface area contributed by atoms with Gasteiger partial charge in [-0.1, -0.05) is 30.3 Å². The summed E-state index contributed by atoms with van der Waals surface area (Å²) in [5.41, 5.74) is 21.3. The van der Waals surface area contributed by atoms with Crippen LogP contribution in [-0.2, 0) is 7.05 Å². The molecule has 0 atom stereocenters. The SMILES string of the molecule is Cc1cc(F)c2c(N)c(C(N)=O)nnc2c1-c1ccc2cn[nH]c2c1.Cc1cc2c(cnn2C)cc1-c1cccc2cc(C(=O)NN)nnc12. The minimum atomic E-state index is -0.854. The number of aromatic amines is 1. The van der Waals surface area contributed by atoms with E-state index in [0.29, 0.717) is 11.1 Å². The highest BCUT2D eigenvalue weighted by molar-refractivity contribution is 6.08. The number of aromatic nitrogens is 8. The zero-order valence-electron chi connectivity index (χ0n) is 27.0. The highest BCUT2D eigenvalue weighted by Gasteiger charge is 2.21. The third-order valence-electron chi connectivity index (χ3n) is 8.55. The lowest BCUT2D eigenvalue weighted by Crippen LogP contribution is -2.30. The number of primary amides is 1. The van der Waals surface area contributed by atoms with Crippen molar-refractivity contribution >= 4 is 61.1 Å². The van der Waals surface area contributed by atoms with E-state index in [1.807, 2.05) is 54.3 Å². The largest absolute Gasteiger partial charge is 0.396 e. The Bertz CT molecular complexity index is 2670. The maximum absolute atomic E-state index is 14.5. The molecule has 0 aliphatic carbocycles. The van der Waals surface area contributed by atoms with E-state index in [1.165, 1.54) is 6.07 Å². The second-order valence-electron chi connectivity index (χ2n) is 11.7. The van der Waals surface area contributed by atoms with Gasteiger partial charge in [0.25, 0.3) is 11.8 Å². The van der Waals surface area contributed by atoms with Crippen molar-refractivity contribution in [1.29, 1.82) is 0 Å². The molecule has 0 aliphatic heterocycles. The molecular formula is C35H29FN12O2. The summed E-state index contributed by atoms with van der Waals surface area (Å²) in [4.78, 5) is 23.1. The highest BCUT2D eigenvalue weighted by Crippen LogP contribution is 2.36. The standard InChI is InChI=1S/C18H16N6O.C17H13FN6O/c1-10-6-16-12(9-20-24(16)2)7-14(10)13-5-3-4-11-8-15(18(25)21-19)22-23-17(11)13;1-7-4-10(18)13-14(19)16(17(20)25)24-23-15(13)12(7)8-2-3-9-6-21-22-11(9)5-8/h3-9H,19H2,1-2H3,(H,21,25);2-6H,1H3,(H2,19,23)(H2,20,25)(H,21,22). The molecule has 0 fully saturated rings. The molecule has 15 heteroatoms. The van der Waals surface area contributed by atoms with Gasteiger partial charge in [0.2, 0.25) is 0 Å². The van der Waals surface area contributed by atoms with Crippen molar-refractivity contribution in [3.63, 3.8) is 0 Å². The maximum atomic E-state index is 14.5. The van der Waals surface area contributed by atoms with Crippen LogP contribution in [0.15, 0.2) is 73.1 Å². The number of hydrogen-bond acceptors (Lipinski definition) is 10. The number of hydrogen-bond donors (Lipinski definition) is 5. The summed E-state index contributed by atoms with van der Waals surface area (Å²) < 4.78 is 16.4. The topological polar surface area (TPSA) is 222 Å². The summed E-state index contributed by atoms with van der Waals surface area (Å²) in [6, 6.07) is 18.8. The number of hydrazine groups is 1. The quantitative estimate of drug-likeness (QED) is 0.101. The first-order chi connectivity index (χ1) is 24.0. The number of aryl methyl sites for hydroxylation is 3. The Kier molecular flexibility index (Phi) is 7.80. The summed E-state index contributed by atoms with van der Waals surface area (Å²) in [5.74, 6) is 3.27. The Balaban J connectivity index is 0.000000157. The molecule has 0 bridgehead atoms. The van der Waals surface area contributed by atoms with Crippen LogP contribution in [0.4, 0.5) is 10.1 Å². The highest BCUT2D eigenvalue weighted by atomic mass is 19.1. The number of nitrogen functional groups attached to an aromatic ring is 2. The first-order valence-corrected chi connectivity index (χ1v) is 15.2. The van der Waals surface area contributed by atoms with E-state index in [9.17, 15) is 14.0 Å². The van der Waals surface area contributed by atoms with Crippen LogP contribution < -0.4 is 22.7 Å². The predicted octanol–water partition coefficient (Wildman–Crippen LogP) is 4.40. The summed E-state index contributed by atoms with van der Waals surface area (Å²) in [6.45, 7) is 3.83. The molecule has 2 amide bonds. The molecule has 4 aromatic carbocycles. The molecule has 0 saturated heterocycles. The fraction of sp³-hybridized carbons (Fsp3) is 0.0857. The van der Waals surface area contributed by atoms with Crippen LogP contribution in [0.3, 0.4) is 0 Å². The molecule has 8 aromatic rings. The lowest BCUT2D eigenvalue weighted by Gasteiger charge is -2.13. The van der Waals surface area contributed by atoms with E-state index >= 15 is 0 Å². The summed E-state index contributed by atoms with van der Waals surface area (Å²) in [7, 11) is 1.93. The monoisotopic (exact) mass is 668 g/mol. The fourth-order valence-electron chi connectivity index (χ4n) is 6.09. The van der Waals surface area contributed by atoms with Gasteiger partial charge in [-0.3, -0.25) is 24.8 Å². The summed E-state index contributed by atoms with van der Waals surface area (Å²) in [6.07, 6.45) is 3.56. The molecule has 14 nitrogen and oxygen atoms in total. The number of carbonyl (C=O) groups excluding carboxylic acids is 2. The van der Waals surface area contributed by atoms with E-state index in [1.54, 1.807) is 19.2 Å².